The van der Waals surface area contributed by atoms with Crippen molar-refractivity contribution in [3.8, 4) is 5.75 Å². The molecule has 0 aliphatic heterocycles. The molecule has 0 spiro atoms. The topological polar surface area (TPSA) is 96.0 Å². The van der Waals surface area contributed by atoms with Gasteiger partial charge in [-0.05, 0) is 61.0 Å². The zero-order chi connectivity index (χ0) is 31.7. The summed E-state index contributed by atoms with van der Waals surface area (Å²) in [6, 6.07) is 27.5. The summed E-state index contributed by atoms with van der Waals surface area (Å²) in [5, 5.41) is 3.28. The minimum Gasteiger partial charge on any atom is -0.494 e. The molecule has 11 heteroatoms. The normalized spacial score (nSPS) is 11.8. The molecule has 0 heterocycles. The van der Waals surface area contributed by atoms with Crippen LogP contribution in [0.1, 0.15) is 18.1 Å². The molecular weight excluding hydrogens is 621 g/mol. The van der Waals surface area contributed by atoms with Gasteiger partial charge < -0.3 is 15.0 Å². The third kappa shape index (κ3) is 7.91. The van der Waals surface area contributed by atoms with Crippen molar-refractivity contribution < 1.29 is 22.7 Å². The first-order chi connectivity index (χ1) is 21.1. The van der Waals surface area contributed by atoms with Crippen molar-refractivity contribution in [3.63, 3.8) is 0 Å². The molecule has 0 saturated heterocycles. The lowest BCUT2D eigenvalue weighted by molar-refractivity contribution is -0.139. The maximum Gasteiger partial charge on any atom is 0.264 e. The number of halogens is 2. The van der Waals surface area contributed by atoms with Crippen LogP contribution in [0.5, 0.6) is 5.75 Å². The number of anilines is 1. The Balaban J connectivity index is 1.79. The zero-order valence-electron chi connectivity index (χ0n) is 24.3. The van der Waals surface area contributed by atoms with E-state index in [9.17, 15) is 18.0 Å². The first-order valence-electron chi connectivity index (χ1n) is 13.9. The molecule has 4 rings (SSSR count). The van der Waals surface area contributed by atoms with Crippen molar-refractivity contribution in [2.24, 2.45) is 0 Å². The monoisotopic (exact) mass is 653 g/mol. The second-order valence-electron chi connectivity index (χ2n) is 9.79. The smallest absolute Gasteiger partial charge is 0.264 e. The second-order valence-corrected chi connectivity index (χ2v) is 12.5. The van der Waals surface area contributed by atoms with E-state index >= 15 is 0 Å². The van der Waals surface area contributed by atoms with E-state index in [4.69, 9.17) is 27.9 Å². The number of amides is 2. The lowest BCUT2D eigenvalue weighted by Crippen LogP contribution is -2.53. The number of hydrogen-bond acceptors (Lipinski definition) is 5. The average molecular weight is 655 g/mol. The average Bonchev–Trinajstić information content (AvgIpc) is 3.03. The van der Waals surface area contributed by atoms with Crippen molar-refractivity contribution in [1.82, 2.24) is 10.2 Å². The van der Waals surface area contributed by atoms with Crippen LogP contribution in [-0.4, -0.2) is 51.4 Å². The number of rotatable bonds is 13. The van der Waals surface area contributed by atoms with Gasteiger partial charge in [0.1, 0.15) is 18.3 Å². The molecule has 230 valence electrons. The van der Waals surface area contributed by atoms with Crippen molar-refractivity contribution >= 4 is 50.7 Å². The molecule has 0 aromatic heterocycles. The van der Waals surface area contributed by atoms with Crippen LogP contribution < -0.4 is 14.4 Å². The van der Waals surface area contributed by atoms with Crippen LogP contribution in [-0.2, 0) is 32.6 Å². The van der Waals surface area contributed by atoms with Gasteiger partial charge in [-0.25, -0.2) is 8.42 Å². The Morgan fingerprint density at radius 3 is 2.00 bits per heavy atom. The standard InChI is InChI=1S/C33H33Cl2N3O5S/c1-3-43-26-17-19-27(20-18-26)44(41,42)38(25-13-8-5-9-14-25)23-32(39)37(22-28-29(34)15-10-16-30(28)35)31(33(40)36-2)21-24-11-6-4-7-12-24/h4-20,31H,3,21-23H2,1-2H3,(H,36,40). The number of ether oxygens (including phenoxy) is 1. The Morgan fingerprint density at radius 2 is 1.43 bits per heavy atom. The molecule has 0 fully saturated rings. The van der Waals surface area contributed by atoms with E-state index in [-0.39, 0.29) is 23.5 Å². The van der Waals surface area contributed by atoms with Crippen molar-refractivity contribution in [1.29, 1.82) is 0 Å². The lowest BCUT2D eigenvalue weighted by atomic mass is 10.0. The van der Waals surface area contributed by atoms with Crippen LogP contribution in [0.2, 0.25) is 10.0 Å². The van der Waals surface area contributed by atoms with Gasteiger partial charge in [-0.15, -0.1) is 0 Å². The number of carbonyl (C=O) groups excluding carboxylic acids is 2. The molecule has 44 heavy (non-hydrogen) atoms. The third-order valence-corrected chi connectivity index (χ3v) is 9.45. The number of sulfonamides is 1. The fourth-order valence-electron chi connectivity index (χ4n) is 4.70. The van der Waals surface area contributed by atoms with Crippen LogP contribution in [0.3, 0.4) is 0 Å². The molecular formula is C33H33Cl2N3O5S. The van der Waals surface area contributed by atoms with E-state index < -0.39 is 34.4 Å². The summed E-state index contributed by atoms with van der Waals surface area (Å²) in [4.78, 5) is 29.0. The predicted molar refractivity (Wildman–Crippen MR) is 174 cm³/mol. The van der Waals surface area contributed by atoms with Crippen LogP contribution in [0.15, 0.2) is 108 Å². The number of hydrogen-bond donors (Lipinski definition) is 1. The molecule has 0 bridgehead atoms. The molecule has 0 radical (unpaired) electrons. The number of benzene rings is 4. The summed E-state index contributed by atoms with van der Waals surface area (Å²) in [6.07, 6.45) is 0.172. The van der Waals surface area contributed by atoms with Gasteiger partial charge in [0.2, 0.25) is 11.8 Å². The molecule has 2 amide bonds. The van der Waals surface area contributed by atoms with Gasteiger partial charge in [-0.1, -0.05) is 77.8 Å². The van der Waals surface area contributed by atoms with Gasteiger partial charge >= 0.3 is 0 Å². The van der Waals surface area contributed by atoms with E-state index in [1.807, 2.05) is 37.3 Å². The summed E-state index contributed by atoms with van der Waals surface area (Å²) in [7, 11) is -2.75. The van der Waals surface area contributed by atoms with Crippen LogP contribution in [0.25, 0.3) is 0 Å². The highest BCUT2D eigenvalue weighted by atomic mass is 35.5. The Bertz CT molecular complexity index is 1650. The number of nitrogens with one attached hydrogen (secondary N) is 1. The molecule has 1 atom stereocenters. The van der Waals surface area contributed by atoms with Gasteiger partial charge in [0.05, 0.1) is 17.2 Å². The summed E-state index contributed by atoms with van der Waals surface area (Å²) < 4.78 is 34.6. The second kappa shape index (κ2) is 15.1. The van der Waals surface area contributed by atoms with Crippen LogP contribution in [0, 0.1) is 0 Å². The Labute approximate surface area is 268 Å². The van der Waals surface area contributed by atoms with Crippen LogP contribution in [0.4, 0.5) is 5.69 Å². The summed E-state index contributed by atoms with van der Waals surface area (Å²) in [5.74, 6) is -0.527. The van der Waals surface area contributed by atoms with Crippen molar-refractivity contribution in [3.05, 3.63) is 124 Å². The zero-order valence-corrected chi connectivity index (χ0v) is 26.6. The van der Waals surface area contributed by atoms with E-state index in [0.29, 0.717) is 28.0 Å². The molecule has 1 unspecified atom stereocenters. The number of para-hydroxylation sites is 1. The Kier molecular flexibility index (Phi) is 11.3. The SMILES string of the molecule is CCOc1ccc(S(=O)(=O)N(CC(=O)N(Cc2c(Cl)cccc2Cl)C(Cc2ccccc2)C(=O)NC)c2ccccc2)cc1. The molecule has 0 saturated carbocycles. The Morgan fingerprint density at radius 1 is 0.841 bits per heavy atom. The van der Waals surface area contributed by atoms with Crippen LogP contribution >= 0.6 is 23.2 Å². The minimum absolute atomic E-state index is 0.0227. The Hall–Kier alpha value is -4.05. The van der Waals surface area contributed by atoms with Gasteiger partial charge in [-0.3, -0.25) is 13.9 Å². The first kappa shape index (κ1) is 32.9. The summed E-state index contributed by atoms with van der Waals surface area (Å²) in [6.45, 7) is 1.54. The van der Waals surface area contributed by atoms with Crippen molar-refractivity contribution in [2.75, 3.05) is 24.5 Å². The number of nitrogens with zero attached hydrogens (tertiary/aromatic N) is 2. The van der Waals surface area contributed by atoms with Crippen molar-refractivity contribution in [2.45, 2.75) is 30.8 Å². The predicted octanol–water partition coefficient (Wildman–Crippen LogP) is 5.97. The molecule has 0 aliphatic carbocycles. The highest BCUT2D eigenvalue weighted by Gasteiger charge is 2.35. The largest absolute Gasteiger partial charge is 0.494 e. The summed E-state index contributed by atoms with van der Waals surface area (Å²) >= 11 is 13.0. The fraction of sp³-hybridized carbons (Fsp3) is 0.212. The summed E-state index contributed by atoms with van der Waals surface area (Å²) in [5.41, 5.74) is 1.53. The molecule has 1 N–H and O–H groups in total. The highest BCUT2D eigenvalue weighted by molar-refractivity contribution is 7.92. The van der Waals surface area contributed by atoms with Gasteiger partial charge in [0.15, 0.2) is 0 Å². The molecule has 4 aromatic rings. The first-order valence-corrected chi connectivity index (χ1v) is 16.1. The fourth-order valence-corrected chi connectivity index (χ4v) is 6.63. The number of carbonyl (C=O) groups is 2. The maximum atomic E-state index is 14.4. The van der Waals surface area contributed by atoms with E-state index in [2.05, 4.69) is 5.32 Å². The van der Waals surface area contributed by atoms with E-state index in [1.165, 1.54) is 24.1 Å². The third-order valence-electron chi connectivity index (χ3n) is 6.95. The molecule has 8 nitrogen and oxygen atoms in total. The van der Waals surface area contributed by atoms with Gasteiger partial charge in [0.25, 0.3) is 10.0 Å². The van der Waals surface area contributed by atoms with Gasteiger partial charge in [-0.2, -0.15) is 0 Å². The molecule has 0 aliphatic rings. The maximum absolute atomic E-state index is 14.4. The van der Waals surface area contributed by atoms with Gasteiger partial charge in [0, 0.05) is 35.6 Å². The quantitative estimate of drug-likeness (QED) is 0.192. The van der Waals surface area contributed by atoms with E-state index in [0.717, 1.165) is 9.87 Å². The highest BCUT2D eigenvalue weighted by Crippen LogP contribution is 2.29. The van der Waals surface area contributed by atoms with E-state index in [1.54, 1.807) is 60.7 Å². The number of likely N-dealkylation sites (N-methyl/N-ethyl adjacent to an activating group) is 1. The molecule has 4 aromatic carbocycles. The minimum atomic E-state index is -4.24. The lowest BCUT2D eigenvalue weighted by Gasteiger charge is -2.34.